The van der Waals surface area contributed by atoms with Gasteiger partial charge in [-0.15, -0.1) is 0 Å². The molecule has 1 N–H and O–H groups in total. The zero-order chi connectivity index (χ0) is 14.2. The van der Waals surface area contributed by atoms with Crippen LogP contribution in [0.25, 0.3) is 0 Å². The second kappa shape index (κ2) is 5.64. The molecule has 0 spiro atoms. The fourth-order valence-corrected chi connectivity index (χ4v) is 3.72. The van der Waals surface area contributed by atoms with Gasteiger partial charge in [-0.05, 0) is 58.2 Å². The maximum absolute atomic E-state index is 3.61. The Balaban J connectivity index is 2.26. The summed E-state index contributed by atoms with van der Waals surface area (Å²) in [5.74, 6) is 0. The number of hydrogen-bond donors (Lipinski definition) is 1. The minimum Gasteiger partial charge on any atom is -0.309 e. The van der Waals surface area contributed by atoms with Gasteiger partial charge in [0.05, 0.1) is 0 Å². The molecule has 0 amide bonds. The van der Waals surface area contributed by atoms with Gasteiger partial charge in [-0.2, -0.15) is 0 Å². The molecule has 0 bridgehead atoms. The van der Waals surface area contributed by atoms with Gasteiger partial charge in [-0.1, -0.05) is 17.7 Å². The first-order valence-corrected chi connectivity index (χ1v) is 7.46. The molecule has 1 aromatic rings. The van der Waals surface area contributed by atoms with Crippen LogP contribution >= 0.6 is 0 Å². The third-order valence-electron chi connectivity index (χ3n) is 4.29. The van der Waals surface area contributed by atoms with Crippen molar-refractivity contribution in [1.82, 2.24) is 10.2 Å². The summed E-state index contributed by atoms with van der Waals surface area (Å²) in [5.41, 5.74) is 5.76. The Labute approximate surface area is 118 Å². The molecule has 0 aliphatic carbocycles. The summed E-state index contributed by atoms with van der Waals surface area (Å²) in [6.07, 6.45) is 0. The van der Waals surface area contributed by atoms with E-state index in [0.717, 1.165) is 13.1 Å². The predicted molar refractivity (Wildman–Crippen MR) is 82.7 cm³/mol. The summed E-state index contributed by atoms with van der Waals surface area (Å²) >= 11 is 0. The molecule has 3 unspecified atom stereocenters. The topological polar surface area (TPSA) is 15.3 Å². The lowest BCUT2D eigenvalue weighted by atomic mass is 9.93. The highest BCUT2D eigenvalue weighted by atomic mass is 15.2. The van der Waals surface area contributed by atoms with Gasteiger partial charge < -0.3 is 5.32 Å². The normalized spacial score (nSPS) is 26.4. The monoisotopic (exact) mass is 260 g/mol. The Morgan fingerprint density at radius 2 is 1.53 bits per heavy atom. The zero-order valence-corrected chi connectivity index (χ0v) is 13.2. The van der Waals surface area contributed by atoms with Gasteiger partial charge in [0.1, 0.15) is 0 Å². The van der Waals surface area contributed by atoms with Gasteiger partial charge >= 0.3 is 0 Å². The van der Waals surface area contributed by atoms with Crippen molar-refractivity contribution in [1.29, 1.82) is 0 Å². The summed E-state index contributed by atoms with van der Waals surface area (Å²) < 4.78 is 0. The van der Waals surface area contributed by atoms with E-state index < -0.39 is 0 Å². The number of nitrogens with one attached hydrogen (secondary N) is 1. The van der Waals surface area contributed by atoms with Gasteiger partial charge in [-0.25, -0.2) is 0 Å². The van der Waals surface area contributed by atoms with E-state index >= 15 is 0 Å². The SMILES string of the molecule is Cc1cc(C)c(C(C)N2CC(C)NC(C)C2)c(C)c1. The van der Waals surface area contributed by atoms with Crippen LogP contribution in [-0.4, -0.2) is 30.1 Å². The molecule has 1 aliphatic rings. The third kappa shape index (κ3) is 3.18. The Hall–Kier alpha value is -0.860. The molecule has 1 fully saturated rings. The van der Waals surface area contributed by atoms with Crippen LogP contribution in [0.15, 0.2) is 12.1 Å². The lowest BCUT2D eigenvalue weighted by Gasteiger charge is -2.40. The van der Waals surface area contributed by atoms with Gasteiger partial charge in [0.2, 0.25) is 0 Å². The summed E-state index contributed by atoms with van der Waals surface area (Å²) in [5, 5.41) is 3.61. The summed E-state index contributed by atoms with van der Waals surface area (Å²) in [6.45, 7) is 15.9. The maximum atomic E-state index is 3.61. The first kappa shape index (κ1) is 14.5. The first-order chi connectivity index (χ1) is 8.88. The van der Waals surface area contributed by atoms with Gasteiger partial charge in [0.15, 0.2) is 0 Å². The van der Waals surface area contributed by atoms with E-state index in [2.05, 4.69) is 63.9 Å². The summed E-state index contributed by atoms with van der Waals surface area (Å²) in [7, 11) is 0. The number of benzene rings is 1. The number of piperazine rings is 1. The van der Waals surface area contributed by atoms with E-state index in [-0.39, 0.29) is 0 Å². The summed E-state index contributed by atoms with van der Waals surface area (Å²) in [6, 6.07) is 6.30. The smallest absolute Gasteiger partial charge is 0.0326 e. The molecular formula is C17H28N2. The number of rotatable bonds is 2. The highest BCUT2D eigenvalue weighted by Crippen LogP contribution is 2.29. The van der Waals surface area contributed by atoms with Gasteiger partial charge in [-0.3, -0.25) is 4.90 Å². The van der Waals surface area contributed by atoms with Crippen LogP contribution in [0, 0.1) is 20.8 Å². The average Bonchev–Trinajstić information content (AvgIpc) is 2.25. The molecule has 106 valence electrons. The third-order valence-corrected chi connectivity index (χ3v) is 4.29. The van der Waals surface area contributed by atoms with E-state index in [0.29, 0.717) is 18.1 Å². The van der Waals surface area contributed by atoms with Crippen molar-refractivity contribution in [2.75, 3.05) is 13.1 Å². The second-order valence-corrected chi connectivity index (χ2v) is 6.41. The molecule has 1 aliphatic heterocycles. The molecule has 2 heteroatoms. The van der Waals surface area contributed by atoms with Crippen LogP contribution in [0.5, 0.6) is 0 Å². The largest absolute Gasteiger partial charge is 0.309 e. The van der Waals surface area contributed by atoms with E-state index in [4.69, 9.17) is 0 Å². The van der Waals surface area contributed by atoms with Crippen LogP contribution in [0.3, 0.4) is 0 Å². The minimum absolute atomic E-state index is 0.507. The highest BCUT2D eigenvalue weighted by molar-refractivity contribution is 5.39. The van der Waals surface area contributed by atoms with Crippen molar-refractivity contribution in [2.24, 2.45) is 0 Å². The molecule has 2 nitrogen and oxygen atoms in total. The number of hydrogen-bond acceptors (Lipinski definition) is 2. The molecule has 19 heavy (non-hydrogen) atoms. The van der Waals surface area contributed by atoms with Gasteiger partial charge in [0.25, 0.3) is 0 Å². The quantitative estimate of drug-likeness (QED) is 0.877. The van der Waals surface area contributed by atoms with Crippen LogP contribution in [-0.2, 0) is 0 Å². The fourth-order valence-electron chi connectivity index (χ4n) is 3.72. The van der Waals surface area contributed by atoms with E-state index in [1.54, 1.807) is 0 Å². The summed E-state index contributed by atoms with van der Waals surface area (Å²) in [4.78, 5) is 2.62. The van der Waals surface area contributed by atoms with Crippen molar-refractivity contribution < 1.29 is 0 Å². The van der Waals surface area contributed by atoms with Crippen molar-refractivity contribution >= 4 is 0 Å². The lowest BCUT2D eigenvalue weighted by Crippen LogP contribution is -2.54. The fraction of sp³-hybridized carbons (Fsp3) is 0.647. The number of nitrogens with zero attached hydrogens (tertiary/aromatic N) is 1. The Morgan fingerprint density at radius 3 is 2.00 bits per heavy atom. The zero-order valence-electron chi connectivity index (χ0n) is 13.2. The molecule has 1 saturated heterocycles. The maximum Gasteiger partial charge on any atom is 0.0326 e. The first-order valence-electron chi connectivity index (χ1n) is 7.46. The molecule has 0 radical (unpaired) electrons. The second-order valence-electron chi connectivity index (χ2n) is 6.41. The predicted octanol–water partition coefficient (Wildman–Crippen LogP) is 3.36. The highest BCUT2D eigenvalue weighted by Gasteiger charge is 2.26. The molecule has 1 heterocycles. The van der Waals surface area contributed by atoms with Crippen LogP contribution in [0.4, 0.5) is 0 Å². The van der Waals surface area contributed by atoms with Crippen molar-refractivity contribution in [2.45, 2.75) is 59.7 Å². The number of aryl methyl sites for hydroxylation is 3. The van der Waals surface area contributed by atoms with Crippen molar-refractivity contribution in [3.63, 3.8) is 0 Å². The molecular weight excluding hydrogens is 232 g/mol. The minimum atomic E-state index is 0.507. The lowest BCUT2D eigenvalue weighted by molar-refractivity contribution is 0.131. The average molecular weight is 260 g/mol. The van der Waals surface area contributed by atoms with Crippen LogP contribution in [0.1, 0.15) is 49.1 Å². The molecule has 2 rings (SSSR count). The molecule has 0 aromatic heterocycles. The molecule has 0 saturated carbocycles. The van der Waals surface area contributed by atoms with Gasteiger partial charge in [0, 0.05) is 31.2 Å². The Morgan fingerprint density at radius 1 is 1.05 bits per heavy atom. The molecule has 1 aromatic carbocycles. The van der Waals surface area contributed by atoms with E-state index in [1.165, 1.54) is 22.3 Å². The standard InChI is InChI=1S/C17H28N2/c1-11-7-12(2)17(13(3)8-11)16(6)19-9-14(4)18-15(5)10-19/h7-8,14-16,18H,9-10H2,1-6H3. The van der Waals surface area contributed by atoms with E-state index in [9.17, 15) is 0 Å². The van der Waals surface area contributed by atoms with Crippen molar-refractivity contribution in [3.8, 4) is 0 Å². The van der Waals surface area contributed by atoms with Crippen LogP contribution < -0.4 is 5.32 Å². The van der Waals surface area contributed by atoms with Crippen molar-refractivity contribution in [3.05, 3.63) is 34.4 Å². The Bertz CT molecular complexity index is 420. The molecule has 3 atom stereocenters. The van der Waals surface area contributed by atoms with E-state index in [1.807, 2.05) is 0 Å². The van der Waals surface area contributed by atoms with Crippen LogP contribution in [0.2, 0.25) is 0 Å². The Kier molecular flexibility index (Phi) is 4.32.